The highest BCUT2D eigenvalue weighted by molar-refractivity contribution is 6.74. The molecule has 1 rings (SSSR count). The number of carbonyl (C=O) groups is 1. The largest absolute Gasteiger partial charge is 0.466 e. The highest BCUT2D eigenvalue weighted by Crippen LogP contribution is 2.39. The van der Waals surface area contributed by atoms with Crippen molar-refractivity contribution in [2.75, 3.05) is 6.61 Å². The molecule has 0 heterocycles. The third-order valence-corrected chi connectivity index (χ3v) is 10.4. The van der Waals surface area contributed by atoms with E-state index in [2.05, 4.69) is 65.1 Å². The second-order valence-electron chi connectivity index (χ2n) is 8.84. The molecule has 0 unspecified atom stereocenters. The van der Waals surface area contributed by atoms with Crippen molar-refractivity contribution in [2.45, 2.75) is 78.6 Å². The lowest BCUT2D eigenvalue weighted by Gasteiger charge is -2.41. The molecule has 0 radical (unpaired) electrons. The number of hydrogen-bond acceptors (Lipinski definition) is 3. The maximum Gasteiger partial charge on any atom is 0.309 e. The molecule has 0 saturated heterocycles. The van der Waals surface area contributed by atoms with Gasteiger partial charge in [-0.3, -0.25) is 4.79 Å². The third-order valence-electron chi connectivity index (χ3n) is 5.85. The highest BCUT2D eigenvalue weighted by atomic mass is 28.4. The molecule has 0 aromatic heterocycles. The molecule has 0 aliphatic carbocycles. The van der Waals surface area contributed by atoms with E-state index in [4.69, 9.17) is 9.16 Å². The molecule has 3 nitrogen and oxygen atoms in total. The Morgan fingerprint density at radius 3 is 2.19 bits per heavy atom. The molecule has 0 aliphatic rings. The summed E-state index contributed by atoms with van der Waals surface area (Å²) >= 11 is 0. The quantitative estimate of drug-likeness (QED) is 0.400. The number of carbonyl (C=O) groups excluding carboxylic acids is 1. The van der Waals surface area contributed by atoms with E-state index in [1.54, 1.807) is 0 Å². The van der Waals surface area contributed by atoms with Gasteiger partial charge in [0.1, 0.15) is 0 Å². The first-order valence-corrected chi connectivity index (χ1v) is 12.8. The number of hydrogen-bond donors (Lipinski definition) is 0. The fourth-order valence-electron chi connectivity index (χ4n) is 2.75. The molecule has 148 valence electrons. The summed E-state index contributed by atoms with van der Waals surface area (Å²) in [5, 5.41) is 0.144. The van der Waals surface area contributed by atoms with Crippen molar-refractivity contribution < 1.29 is 14.0 Å². The normalized spacial score (nSPS) is 16.0. The third kappa shape index (κ3) is 6.55. The number of esters is 1. The Labute approximate surface area is 161 Å². The van der Waals surface area contributed by atoms with Gasteiger partial charge in [-0.15, -0.1) is 0 Å². The first-order chi connectivity index (χ1) is 12.0. The van der Waals surface area contributed by atoms with Gasteiger partial charge < -0.3 is 9.16 Å². The van der Waals surface area contributed by atoms with E-state index in [0.717, 1.165) is 12.8 Å². The molecule has 3 atom stereocenters. The Bertz CT molecular complexity index is 548. The van der Waals surface area contributed by atoms with Crippen molar-refractivity contribution >= 4 is 14.3 Å². The molecule has 0 N–H and O–H groups in total. The second-order valence-corrected chi connectivity index (χ2v) is 13.6. The minimum atomic E-state index is -1.92. The van der Waals surface area contributed by atoms with Crippen LogP contribution in [0, 0.1) is 11.8 Å². The van der Waals surface area contributed by atoms with Crippen LogP contribution in [0.1, 0.15) is 53.5 Å². The van der Waals surface area contributed by atoms with Crippen molar-refractivity contribution in [1.29, 1.82) is 0 Å². The van der Waals surface area contributed by atoms with Crippen LogP contribution in [0.3, 0.4) is 0 Å². The van der Waals surface area contributed by atoms with E-state index in [-0.39, 0.29) is 28.9 Å². The van der Waals surface area contributed by atoms with Gasteiger partial charge in [0.05, 0.1) is 12.5 Å². The fourth-order valence-corrected chi connectivity index (χ4v) is 4.19. The Morgan fingerprint density at radius 2 is 1.69 bits per heavy atom. The molecule has 0 fully saturated rings. The minimum absolute atomic E-state index is 0.0514. The van der Waals surface area contributed by atoms with Crippen LogP contribution in [-0.2, 0) is 20.4 Å². The summed E-state index contributed by atoms with van der Waals surface area (Å²) in [7, 11) is -1.92. The summed E-state index contributed by atoms with van der Waals surface area (Å²) < 4.78 is 12.0. The van der Waals surface area contributed by atoms with Crippen LogP contribution in [0.2, 0.25) is 18.1 Å². The molecule has 0 aliphatic heterocycles. The Morgan fingerprint density at radius 1 is 1.12 bits per heavy atom. The van der Waals surface area contributed by atoms with E-state index in [1.807, 2.05) is 19.9 Å². The van der Waals surface area contributed by atoms with Gasteiger partial charge in [0, 0.05) is 6.10 Å². The monoisotopic (exact) mass is 378 g/mol. The lowest BCUT2D eigenvalue weighted by atomic mass is 9.88. The van der Waals surface area contributed by atoms with E-state index in [1.165, 1.54) is 5.56 Å². The van der Waals surface area contributed by atoms with Gasteiger partial charge in [-0.2, -0.15) is 0 Å². The second kappa shape index (κ2) is 9.70. The van der Waals surface area contributed by atoms with Crippen LogP contribution < -0.4 is 0 Å². The van der Waals surface area contributed by atoms with Gasteiger partial charge in [0.15, 0.2) is 8.32 Å². The first-order valence-electron chi connectivity index (χ1n) is 9.88. The summed E-state index contributed by atoms with van der Waals surface area (Å²) in [6, 6.07) is 10.5. The van der Waals surface area contributed by atoms with Crippen LogP contribution in [0.5, 0.6) is 0 Å². The molecular formula is C22H38O3Si. The smallest absolute Gasteiger partial charge is 0.309 e. The fraction of sp³-hybridized carbons (Fsp3) is 0.682. The van der Waals surface area contributed by atoms with Crippen molar-refractivity contribution in [3.63, 3.8) is 0 Å². The van der Waals surface area contributed by atoms with Gasteiger partial charge in [-0.25, -0.2) is 0 Å². The van der Waals surface area contributed by atoms with E-state index in [0.29, 0.717) is 6.61 Å². The molecule has 1 aromatic rings. The zero-order chi connectivity index (χ0) is 20.0. The molecule has 26 heavy (non-hydrogen) atoms. The summed E-state index contributed by atoms with van der Waals surface area (Å²) in [6.07, 6.45) is 1.93. The van der Waals surface area contributed by atoms with Crippen molar-refractivity contribution in [1.82, 2.24) is 0 Å². The molecule has 0 amide bonds. The summed E-state index contributed by atoms with van der Waals surface area (Å²) in [6.45, 7) is 17.7. The summed E-state index contributed by atoms with van der Waals surface area (Å²) in [4.78, 5) is 12.3. The van der Waals surface area contributed by atoms with Crippen molar-refractivity contribution in [3.8, 4) is 0 Å². The van der Waals surface area contributed by atoms with Gasteiger partial charge in [-0.1, -0.05) is 65.0 Å². The minimum Gasteiger partial charge on any atom is -0.466 e. The van der Waals surface area contributed by atoms with Crippen LogP contribution in [0.15, 0.2) is 30.3 Å². The van der Waals surface area contributed by atoms with Crippen LogP contribution >= 0.6 is 0 Å². The van der Waals surface area contributed by atoms with Gasteiger partial charge in [0.25, 0.3) is 0 Å². The predicted octanol–water partition coefficient (Wildman–Crippen LogP) is 5.84. The number of ether oxygens (including phenoxy) is 1. The van der Waals surface area contributed by atoms with E-state index in [9.17, 15) is 4.79 Å². The lowest BCUT2D eigenvalue weighted by Crippen LogP contribution is -2.47. The van der Waals surface area contributed by atoms with E-state index < -0.39 is 8.32 Å². The summed E-state index contributed by atoms with van der Waals surface area (Å²) in [5.74, 6) is -0.170. The highest BCUT2D eigenvalue weighted by Gasteiger charge is 2.41. The van der Waals surface area contributed by atoms with Gasteiger partial charge in [0.2, 0.25) is 0 Å². The zero-order valence-corrected chi connectivity index (χ0v) is 19.0. The standard InChI is InChI=1S/C22H38O3Si/c1-9-24-21(23)18(3)17(2)20(25-26(7,8)22(4,5)6)16-15-19-13-11-10-12-14-19/h10-14,17-18,20H,9,15-16H2,1-8H3/t17-,18+,20+/m0/s1. The van der Waals surface area contributed by atoms with E-state index >= 15 is 0 Å². The van der Waals surface area contributed by atoms with Crippen molar-refractivity contribution in [3.05, 3.63) is 35.9 Å². The SMILES string of the molecule is CCOC(=O)[C@H](C)[C@H](C)[C@@H](CCc1ccccc1)O[Si](C)(C)C(C)(C)C. The maximum atomic E-state index is 12.3. The first kappa shape index (κ1) is 22.9. The molecule has 0 bridgehead atoms. The Balaban J connectivity index is 2.94. The lowest BCUT2D eigenvalue weighted by molar-refractivity contribution is -0.150. The number of benzene rings is 1. The van der Waals surface area contributed by atoms with Crippen LogP contribution in [-0.4, -0.2) is 27.0 Å². The predicted molar refractivity (Wildman–Crippen MR) is 112 cm³/mol. The van der Waals surface area contributed by atoms with Crippen molar-refractivity contribution in [2.24, 2.45) is 11.8 Å². The zero-order valence-electron chi connectivity index (χ0n) is 18.0. The Kier molecular flexibility index (Phi) is 8.55. The molecule has 0 saturated carbocycles. The molecule has 0 spiro atoms. The maximum absolute atomic E-state index is 12.3. The Hall–Kier alpha value is -1.13. The topological polar surface area (TPSA) is 35.5 Å². The van der Waals surface area contributed by atoms with Gasteiger partial charge >= 0.3 is 5.97 Å². The average Bonchev–Trinajstić information content (AvgIpc) is 2.57. The summed E-state index contributed by atoms with van der Waals surface area (Å²) in [5.41, 5.74) is 1.31. The number of aryl methyl sites for hydroxylation is 1. The van der Waals surface area contributed by atoms with Gasteiger partial charge in [-0.05, 0) is 49.4 Å². The van der Waals surface area contributed by atoms with Crippen LogP contribution in [0.25, 0.3) is 0 Å². The molecule has 1 aromatic carbocycles. The number of rotatable bonds is 9. The molecular weight excluding hydrogens is 340 g/mol. The molecule has 4 heteroatoms. The van der Waals surface area contributed by atoms with Crippen LogP contribution in [0.4, 0.5) is 0 Å². The average molecular weight is 379 g/mol.